The quantitative estimate of drug-likeness (QED) is 0.336. The van der Waals surface area contributed by atoms with Crippen molar-refractivity contribution in [1.82, 2.24) is 5.32 Å². The second-order valence-corrected chi connectivity index (χ2v) is 7.40. The summed E-state index contributed by atoms with van der Waals surface area (Å²) in [7, 11) is 0. The van der Waals surface area contributed by atoms with Crippen LogP contribution in [0.2, 0.25) is 0 Å². The number of hydrogen-bond acceptors (Lipinski definition) is 3. The third kappa shape index (κ3) is 15.9. The topological polar surface area (TPSA) is 52.2 Å². The van der Waals surface area contributed by atoms with Crippen LogP contribution in [0.25, 0.3) is 0 Å². The predicted octanol–water partition coefficient (Wildman–Crippen LogP) is 1.16. The molecule has 4 heteroatoms. The zero-order chi connectivity index (χ0) is 17.5. The first-order valence-corrected chi connectivity index (χ1v) is 9.91. The molecule has 3 nitrogen and oxygen atoms in total. The van der Waals surface area contributed by atoms with Crippen molar-refractivity contribution in [3.63, 3.8) is 0 Å². The summed E-state index contributed by atoms with van der Waals surface area (Å²) in [6.45, 7) is 11.0. The van der Waals surface area contributed by atoms with Crippen molar-refractivity contribution < 1.29 is 39.5 Å². The summed E-state index contributed by atoms with van der Waals surface area (Å²) in [6.07, 6.45) is 11.3. The Morgan fingerprint density at radius 2 is 1.62 bits per heavy atom. The molecule has 0 aromatic rings. The maximum Gasteiger partial charge on any atom is 1.00 e. The third-order valence-corrected chi connectivity index (χ3v) is 5.01. The monoisotopic (exact) mass is 349 g/mol. The van der Waals surface area contributed by atoms with Gasteiger partial charge in [-0.2, -0.15) is 0 Å². The van der Waals surface area contributed by atoms with Crippen molar-refractivity contribution in [2.45, 2.75) is 91.9 Å². The van der Waals surface area contributed by atoms with E-state index in [1.807, 2.05) is 0 Å². The standard InChI is InChI=1S/C20H41NO2.Na/c1-5-7-8-9-10-11-13-21-14-12-19(17(3)4)15-18(6-2)16-20(22)23;/h17-19,21H,5-16H2,1-4H3,(H,22,23);/q;+1/p-1. The molecule has 0 aliphatic carbocycles. The molecule has 0 aliphatic rings. The van der Waals surface area contributed by atoms with Gasteiger partial charge in [0.25, 0.3) is 0 Å². The Morgan fingerprint density at radius 1 is 1.00 bits per heavy atom. The number of carboxylic acid groups (broad SMARTS) is 1. The van der Waals surface area contributed by atoms with Crippen molar-refractivity contribution in [2.75, 3.05) is 13.1 Å². The summed E-state index contributed by atoms with van der Waals surface area (Å²) < 4.78 is 0. The van der Waals surface area contributed by atoms with Gasteiger partial charge >= 0.3 is 29.6 Å². The van der Waals surface area contributed by atoms with Gasteiger partial charge in [-0.05, 0) is 56.5 Å². The van der Waals surface area contributed by atoms with Crippen LogP contribution in [0.3, 0.4) is 0 Å². The Balaban J connectivity index is 0. The zero-order valence-corrected chi connectivity index (χ0v) is 19.0. The van der Waals surface area contributed by atoms with Crippen LogP contribution in [-0.4, -0.2) is 19.1 Å². The largest absolute Gasteiger partial charge is 1.00 e. The predicted molar refractivity (Wildman–Crippen MR) is 97.2 cm³/mol. The van der Waals surface area contributed by atoms with Crippen molar-refractivity contribution in [1.29, 1.82) is 0 Å². The summed E-state index contributed by atoms with van der Waals surface area (Å²) in [5.74, 6) is 0.588. The average Bonchev–Trinajstić information content (AvgIpc) is 2.50. The number of rotatable bonds is 16. The molecule has 0 aliphatic heterocycles. The molecule has 2 atom stereocenters. The van der Waals surface area contributed by atoms with Gasteiger partial charge in [0.15, 0.2) is 0 Å². The number of nitrogens with one attached hydrogen (secondary N) is 1. The number of unbranched alkanes of at least 4 members (excludes halogenated alkanes) is 5. The molecule has 0 rings (SSSR count). The van der Waals surface area contributed by atoms with Crippen LogP contribution >= 0.6 is 0 Å². The number of hydrogen-bond donors (Lipinski definition) is 1. The molecule has 0 fully saturated rings. The fourth-order valence-corrected chi connectivity index (χ4v) is 3.22. The van der Waals surface area contributed by atoms with Gasteiger partial charge in [0.1, 0.15) is 0 Å². The van der Waals surface area contributed by atoms with E-state index in [0.29, 0.717) is 11.8 Å². The molecule has 0 saturated carbocycles. The SMILES string of the molecule is CCCCCCCCNCCC(CC(CC)CC(=O)[O-])C(C)C.[Na+]. The maximum absolute atomic E-state index is 10.8. The molecule has 0 saturated heterocycles. The van der Waals surface area contributed by atoms with Gasteiger partial charge in [0.05, 0.1) is 0 Å². The fourth-order valence-electron chi connectivity index (χ4n) is 3.22. The van der Waals surface area contributed by atoms with Gasteiger partial charge in [0.2, 0.25) is 0 Å². The van der Waals surface area contributed by atoms with E-state index in [1.165, 1.54) is 38.5 Å². The van der Waals surface area contributed by atoms with E-state index >= 15 is 0 Å². The molecular weight excluding hydrogens is 309 g/mol. The van der Waals surface area contributed by atoms with E-state index in [-0.39, 0.29) is 41.9 Å². The fraction of sp³-hybridized carbons (Fsp3) is 0.950. The molecule has 2 unspecified atom stereocenters. The number of carboxylic acids is 1. The van der Waals surface area contributed by atoms with E-state index in [0.717, 1.165) is 32.4 Å². The van der Waals surface area contributed by atoms with Crippen molar-refractivity contribution in [2.24, 2.45) is 17.8 Å². The first kappa shape index (κ1) is 26.7. The van der Waals surface area contributed by atoms with E-state index in [9.17, 15) is 9.90 Å². The minimum Gasteiger partial charge on any atom is -0.550 e. The van der Waals surface area contributed by atoms with Gasteiger partial charge in [-0.3, -0.25) is 0 Å². The minimum absolute atomic E-state index is 0. The van der Waals surface area contributed by atoms with Crippen LogP contribution in [0.15, 0.2) is 0 Å². The number of carbonyl (C=O) groups excluding carboxylic acids is 1. The van der Waals surface area contributed by atoms with E-state index in [4.69, 9.17) is 0 Å². The van der Waals surface area contributed by atoms with E-state index in [2.05, 4.69) is 33.0 Å². The molecule has 0 spiro atoms. The minimum atomic E-state index is -0.902. The molecule has 1 N–H and O–H groups in total. The summed E-state index contributed by atoms with van der Waals surface area (Å²) in [4.78, 5) is 10.8. The Bertz CT molecular complexity index is 285. The van der Waals surface area contributed by atoms with E-state index < -0.39 is 5.97 Å². The van der Waals surface area contributed by atoms with Crippen molar-refractivity contribution >= 4 is 5.97 Å². The van der Waals surface area contributed by atoms with Crippen LogP contribution in [0.5, 0.6) is 0 Å². The van der Waals surface area contributed by atoms with Crippen LogP contribution in [-0.2, 0) is 4.79 Å². The third-order valence-electron chi connectivity index (χ3n) is 5.01. The number of carbonyl (C=O) groups is 1. The van der Waals surface area contributed by atoms with E-state index in [1.54, 1.807) is 0 Å². The van der Waals surface area contributed by atoms with Gasteiger partial charge in [0, 0.05) is 5.97 Å². The second-order valence-electron chi connectivity index (χ2n) is 7.40. The molecule has 0 heterocycles. The molecule has 138 valence electrons. The van der Waals surface area contributed by atoms with Crippen molar-refractivity contribution in [3.8, 4) is 0 Å². The molecule has 0 aromatic heterocycles. The van der Waals surface area contributed by atoms with Crippen LogP contribution in [0, 0.1) is 17.8 Å². The molecule has 0 bridgehead atoms. The molecule has 0 radical (unpaired) electrons. The average molecular weight is 350 g/mol. The molecular formula is C20H40NNaO2. The maximum atomic E-state index is 10.8. The van der Waals surface area contributed by atoms with Gasteiger partial charge in [-0.1, -0.05) is 66.2 Å². The Labute approximate surface area is 173 Å². The Morgan fingerprint density at radius 3 is 2.17 bits per heavy atom. The van der Waals surface area contributed by atoms with Gasteiger partial charge in [-0.25, -0.2) is 0 Å². The summed E-state index contributed by atoms with van der Waals surface area (Å²) >= 11 is 0. The van der Waals surface area contributed by atoms with Gasteiger partial charge in [-0.15, -0.1) is 0 Å². The summed E-state index contributed by atoms with van der Waals surface area (Å²) in [6, 6.07) is 0. The normalized spacial score (nSPS) is 13.5. The van der Waals surface area contributed by atoms with Gasteiger partial charge < -0.3 is 15.2 Å². The summed E-state index contributed by atoms with van der Waals surface area (Å²) in [5, 5.41) is 14.4. The molecule has 0 amide bonds. The smallest absolute Gasteiger partial charge is 0.550 e. The Hall–Kier alpha value is 0.430. The van der Waals surface area contributed by atoms with Crippen molar-refractivity contribution in [3.05, 3.63) is 0 Å². The first-order chi connectivity index (χ1) is 11.0. The van der Waals surface area contributed by atoms with Crippen LogP contribution in [0.1, 0.15) is 91.9 Å². The molecule has 0 aromatic carbocycles. The number of aliphatic carboxylic acids is 1. The zero-order valence-electron chi connectivity index (χ0n) is 17.0. The Kier molecular flexibility index (Phi) is 20.2. The first-order valence-electron chi connectivity index (χ1n) is 9.91. The molecule has 24 heavy (non-hydrogen) atoms. The van der Waals surface area contributed by atoms with Crippen LogP contribution in [0.4, 0.5) is 0 Å². The summed E-state index contributed by atoms with van der Waals surface area (Å²) in [5.41, 5.74) is 0. The van der Waals surface area contributed by atoms with Crippen LogP contribution < -0.4 is 40.0 Å². The second kappa shape index (κ2) is 18.2.